The van der Waals surface area contributed by atoms with Crippen molar-refractivity contribution in [3.05, 3.63) is 59.2 Å². The summed E-state index contributed by atoms with van der Waals surface area (Å²) >= 11 is 0. The van der Waals surface area contributed by atoms with Crippen LogP contribution in [0.25, 0.3) is 0 Å². The number of benzene rings is 2. The number of methoxy groups -OCH3 is 1. The van der Waals surface area contributed by atoms with Crippen LogP contribution in [-0.2, 0) is 23.1 Å². The second kappa shape index (κ2) is 12.0. The van der Waals surface area contributed by atoms with E-state index in [2.05, 4.69) is 21.8 Å². The van der Waals surface area contributed by atoms with Gasteiger partial charge in [-0.3, -0.25) is 9.69 Å². The number of sulfonamides is 1. The number of piperidine rings is 1. The predicted molar refractivity (Wildman–Crippen MR) is 137 cm³/mol. The largest absolute Gasteiger partial charge is 0.496 e. The molecule has 2 heterocycles. The molecule has 7 nitrogen and oxygen atoms in total. The van der Waals surface area contributed by atoms with E-state index in [4.69, 9.17) is 4.74 Å². The molecule has 0 aliphatic carbocycles. The minimum Gasteiger partial charge on any atom is -0.496 e. The van der Waals surface area contributed by atoms with Crippen LogP contribution in [0, 0.1) is 0 Å². The van der Waals surface area contributed by atoms with Crippen molar-refractivity contribution < 1.29 is 17.9 Å². The van der Waals surface area contributed by atoms with Crippen LogP contribution in [0.3, 0.4) is 0 Å². The van der Waals surface area contributed by atoms with Crippen LogP contribution < -0.4 is 9.46 Å². The summed E-state index contributed by atoms with van der Waals surface area (Å²) in [6, 6.07) is 12.6. The van der Waals surface area contributed by atoms with Crippen LogP contribution in [-0.4, -0.2) is 57.4 Å². The Hall–Kier alpha value is -2.42. The summed E-state index contributed by atoms with van der Waals surface area (Å²) < 4.78 is 34.4. The standard InChI is InChI=1S/C27H37N3O4S/c1-34-26-13-12-24(19-25(26)27(31)30-16-7-2-3-8-17-30)35(32,33)28-20-22-10-9-11-23(18-22)21-29-14-5-4-6-15-29/h9-13,18-19,28H,2-8,14-17,20-21H2,1H3. The maximum absolute atomic E-state index is 13.2. The maximum Gasteiger partial charge on any atom is 0.257 e. The summed E-state index contributed by atoms with van der Waals surface area (Å²) in [5.41, 5.74) is 2.40. The molecule has 0 radical (unpaired) electrons. The number of rotatable bonds is 8. The Morgan fingerprint density at radius 1 is 0.886 bits per heavy atom. The first-order valence-electron chi connectivity index (χ1n) is 12.7. The molecule has 0 bridgehead atoms. The lowest BCUT2D eigenvalue weighted by Gasteiger charge is -2.26. The molecule has 2 aliphatic rings. The van der Waals surface area contributed by atoms with Gasteiger partial charge in [0.05, 0.1) is 17.6 Å². The van der Waals surface area contributed by atoms with E-state index >= 15 is 0 Å². The molecule has 0 saturated carbocycles. The number of hydrogen-bond acceptors (Lipinski definition) is 5. The van der Waals surface area contributed by atoms with Crippen molar-refractivity contribution in [3.8, 4) is 5.75 Å². The van der Waals surface area contributed by atoms with Gasteiger partial charge in [-0.25, -0.2) is 13.1 Å². The Morgan fingerprint density at radius 2 is 1.54 bits per heavy atom. The second-order valence-electron chi connectivity index (χ2n) is 9.55. The first kappa shape index (κ1) is 25.7. The molecule has 0 unspecified atom stereocenters. The fraction of sp³-hybridized carbons (Fsp3) is 0.519. The number of hydrogen-bond donors (Lipinski definition) is 1. The number of nitrogens with zero attached hydrogens (tertiary/aromatic N) is 2. The van der Waals surface area contributed by atoms with Gasteiger partial charge < -0.3 is 9.64 Å². The van der Waals surface area contributed by atoms with Gasteiger partial charge in [0, 0.05) is 26.2 Å². The summed E-state index contributed by atoms with van der Waals surface area (Å²) in [4.78, 5) is 17.5. The zero-order chi connectivity index (χ0) is 24.7. The molecule has 2 saturated heterocycles. The van der Waals surface area contributed by atoms with Crippen molar-refractivity contribution in [1.29, 1.82) is 0 Å². The zero-order valence-corrected chi connectivity index (χ0v) is 21.5. The Labute approximate surface area is 209 Å². The monoisotopic (exact) mass is 499 g/mol. The minimum absolute atomic E-state index is 0.0703. The van der Waals surface area contributed by atoms with Gasteiger partial charge >= 0.3 is 0 Å². The Balaban J connectivity index is 1.46. The van der Waals surface area contributed by atoms with Crippen LogP contribution in [0.5, 0.6) is 5.75 Å². The fourth-order valence-corrected chi connectivity index (χ4v) is 5.98. The highest BCUT2D eigenvalue weighted by Gasteiger charge is 2.24. The molecule has 2 aromatic carbocycles. The summed E-state index contributed by atoms with van der Waals surface area (Å²) in [6.45, 7) is 4.69. The van der Waals surface area contributed by atoms with Crippen molar-refractivity contribution >= 4 is 15.9 Å². The van der Waals surface area contributed by atoms with E-state index in [9.17, 15) is 13.2 Å². The smallest absolute Gasteiger partial charge is 0.257 e. The Kier molecular flexibility index (Phi) is 8.81. The van der Waals surface area contributed by atoms with Crippen molar-refractivity contribution in [3.63, 3.8) is 0 Å². The van der Waals surface area contributed by atoms with E-state index in [1.165, 1.54) is 44.1 Å². The highest BCUT2D eigenvalue weighted by atomic mass is 32.2. The lowest BCUT2D eigenvalue weighted by atomic mass is 10.1. The van der Waals surface area contributed by atoms with Gasteiger partial charge in [0.1, 0.15) is 5.75 Å². The van der Waals surface area contributed by atoms with Gasteiger partial charge in [-0.05, 0) is 68.1 Å². The Bertz CT molecular complexity index is 1110. The summed E-state index contributed by atoms with van der Waals surface area (Å²) in [6.07, 6.45) is 7.92. The van der Waals surface area contributed by atoms with Gasteiger partial charge in [-0.15, -0.1) is 0 Å². The number of nitrogens with one attached hydrogen (secondary N) is 1. The van der Waals surface area contributed by atoms with Gasteiger partial charge in [-0.2, -0.15) is 0 Å². The molecule has 2 aromatic rings. The molecule has 2 aliphatic heterocycles. The molecular weight excluding hydrogens is 462 g/mol. The third-order valence-corrected chi connectivity index (χ3v) is 8.32. The second-order valence-corrected chi connectivity index (χ2v) is 11.3. The number of carbonyl (C=O) groups is 1. The van der Waals surface area contributed by atoms with Crippen LogP contribution in [0.1, 0.15) is 66.4 Å². The molecule has 190 valence electrons. The topological polar surface area (TPSA) is 79.0 Å². The summed E-state index contributed by atoms with van der Waals surface area (Å²) in [5.74, 6) is 0.217. The predicted octanol–water partition coefficient (Wildman–Crippen LogP) is 4.18. The van der Waals surface area contributed by atoms with Crippen LogP contribution >= 0.6 is 0 Å². The number of amides is 1. The summed E-state index contributed by atoms with van der Waals surface area (Å²) in [5, 5.41) is 0. The first-order valence-corrected chi connectivity index (χ1v) is 14.2. The Morgan fingerprint density at radius 3 is 2.26 bits per heavy atom. The molecular formula is C27H37N3O4S. The third-order valence-electron chi connectivity index (χ3n) is 6.92. The fourth-order valence-electron chi connectivity index (χ4n) is 4.94. The highest BCUT2D eigenvalue weighted by molar-refractivity contribution is 7.89. The molecule has 0 aromatic heterocycles. The number of carbonyl (C=O) groups excluding carboxylic acids is 1. The molecule has 0 spiro atoms. The van der Waals surface area contributed by atoms with Crippen molar-refractivity contribution in [2.45, 2.75) is 62.9 Å². The van der Waals surface area contributed by atoms with Gasteiger partial charge in [-0.1, -0.05) is 43.5 Å². The maximum atomic E-state index is 13.2. The van der Waals surface area contributed by atoms with Gasteiger partial charge in [0.15, 0.2) is 0 Å². The molecule has 1 N–H and O–H groups in total. The average Bonchev–Trinajstić information content (AvgIpc) is 3.17. The van der Waals surface area contributed by atoms with Crippen LogP contribution in [0.2, 0.25) is 0 Å². The lowest BCUT2D eigenvalue weighted by Crippen LogP contribution is -2.32. The van der Waals surface area contributed by atoms with E-state index in [1.54, 1.807) is 6.07 Å². The van der Waals surface area contributed by atoms with Crippen LogP contribution in [0.15, 0.2) is 47.4 Å². The summed E-state index contributed by atoms with van der Waals surface area (Å²) in [7, 11) is -2.31. The first-order chi connectivity index (χ1) is 17.0. The van der Waals surface area contributed by atoms with E-state index in [0.29, 0.717) is 24.4 Å². The molecule has 4 rings (SSSR count). The third kappa shape index (κ3) is 6.84. The lowest BCUT2D eigenvalue weighted by molar-refractivity contribution is 0.0758. The average molecular weight is 500 g/mol. The molecule has 35 heavy (non-hydrogen) atoms. The van der Waals surface area contributed by atoms with E-state index in [-0.39, 0.29) is 17.3 Å². The molecule has 1 amide bonds. The molecule has 8 heteroatoms. The molecule has 0 atom stereocenters. The van der Waals surface area contributed by atoms with E-state index in [0.717, 1.165) is 50.9 Å². The van der Waals surface area contributed by atoms with E-state index in [1.807, 2.05) is 17.0 Å². The quantitative estimate of drug-likeness (QED) is 0.590. The normalized spacial score (nSPS) is 17.7. The number of likely N-dealkylation sites (tertiary alicyclic amines) is 2. The van der Waals surface area contributed by atoms with Crippen molar-refractivity contribution in [2.24, 2.45) is 0 Å². The van der Waals surface area contributed by atoms with Gasteiger partial charge in [0.2, 0.25) is 10.0 Å². The molecule has 2 fully saturated rings. The SMILES string of the molecule is COc1ccc(S(=O)(=O)NCc2cccc(CN3CCCCC3)c2)cc1C(=O)N1CCCCCC1. The zero-order valence-electron chi connectivity index (χ0n) is 20.7. The van der Waals surface area contributed by atoms with Crippen molar-refractivity contribution in [1.82, 2.24) is 14.5 Å². The van der Waals surface area contributed by atoms with Crippen molar-refractivity contribution in [2.75, 3.05) is 33.3 Å². The van der Waals surface area contributed by atoms with E-state index < -0.39 is 10.0 Å². The highest BCUT2D eigenvalue weighted by Crippen LogP contribution is 2.25. The number of ether oxygens (including phenoxy) is 1. The van der Waals surface area contributed by atoms with Crippen LogP contribution in [0.4, 0.5) is 0 Å². The van der Waals surface area contributed by atoms with Gasteiger partial charge in [0.25, 0.3) is 5.91 Å². The minimum atomic E-state index is -3.80.